The third kappa shape index (κ3) is 3.68. The second-order valence-corrected chi connectivity index (χ2v) is 8.71. The molecule has 3 N–H and O–H groups in total. The molecule has 1 aromatic carbocycles. The summed E-state index contributed by atoms with van der Waals surface area (Å²) in [6, 6.07) is 9.71. The lowest BCUT2D eigenvalue weighted by Crippen LogP contribution is -2.53. The number of aliphatic hydroxyl groups is 1. The van der Waals surface area contributed by atoms with Gasteiger partial charge in [-0.1, -0.05) is 36.8 Å². The molecule has 1 aliphatic heterocycles. The quantitative estimate of drug-likeness (QED) is 0.609. The number of carbonyl (C=O) groups is 3. The Kier molecular flexibility index (Phi) is 5.29. The van der Waals surface area contributed by atoms with Crippen molar-refractivity contribution in [1.82, 2.24) is 15.2 Å². The fraction of sp³-hybridized carbons (Fsp3) is 0.333. The molecule has 2 amide bonds. The van der Waals surface area contributed by atoms with Crippen LogP contribution < -0.4 is 5.32 Å². The summed E-state index contributed by atoms with van der Waals surface area (Å²) >= 11 is 1.47. The van der Waals surface area contributed by atoms with Crippen molar-refractivity contribution >= 4 is 29.1 Å². The Morgan fingerprint density at radius 2 is 1.97 bits per heavy atom. The van der Waals surface area contributed by atoms with Gasteiger partial charge in [-0.25, -0.2) is 4.98 Å². The second-order valence-electron chi connectivity index (χ2n) is 7.59. The molecule has 0 atom stereocenters. The molecule has 30 heavy (non-hydrogen) atoms. The lowest BCUT2D eigenvalue weighted by Gasteiger charge is -2.47. The number of carboxylic acids is 1. The minimum absolute atomic E-state index is 0.216. The molecule has 0 bridgehead atoms. The predicted molar refractivity (Wildman–Crippen MR) is 110 cm³/mol. The van der Waals surface area contributed by atoms with Crippen LogP contribution in [-0.4, -0.2) is 51.0 Å². The third-order valence-electron chi connectivity index (χ3n) is 5.59. The summed E-state index contributed by atoms with van der Waals surface area (Å²) in [5.74, 6) is -2.89. The highest BCUT2D eigenvalue weighted by molar-refractivity contribution is 7.15. The Hall–Kier alpha value is -3.20. The number of carboxylic acid groups (broad SMARTS) is 1. The van der Waals surface area contributed by atoms with E-state index in [1.807, 2.05) is 30.3 Å². The van der Waals surface area contributed by atoms with Crippen LogP contribution in [-0.2, 0) is 20.9 Å². The van der Waals surface area contributed by atoms with E-state index in [2.05, 4.69) is 10.3 Å². The van der Waals surface area contributed by atoms with Gasteiger partial charge in [0.1, 0.15) is 22.9 Å². The largest absolute Gasteiger partial charge is 0.511 e. The molecule has 156 valence electrons. The number of nitrogens with zero attached hydrogens (tertiary/aromatic N) is 2. The van der Waals surface area contributed by atoms with Crippen molar-refractivity contribution in [1.29, 1.82) is 0 Å². The topological polar surface area (TPSA) is 120 Å². The lowest BCUT2D eigenvalue weighted by atomic mass is 9.64. The van der Waals surface area contributed by atoms with Gasteiger partial charge in [0.25, 0.3) is 11.8 Å². The molecular formula is C21H21N3O5S. The van der Waals surface area contributed by atoms with E-state index < -0.39 is 29.7 Å². The molecule has 2 aromatic rings. The highest BCUT2D eigenvalue weighted by atomic mass is 32.1. The standard InChI is InChI=1S/C21H21N3O5S/c25-15(26)10-22-18(28)16-17(27)21(7-4-8-21)12-24(20(16)29)11-14-9-23-19(30-14)13-5-2-1-3-6-13/h1-3,5-6,9,27H,4,7-8,10-12H2,(H,22,28)(H,25,26). The van der Waals surface area contributed by atoms with E-state index in [0.29, 0.717) is 19.4 Å². The Bertz CT molecular complexity index is 1030. The summed E-state index contributed by atoms with van der Waals surface area (Å²) in [5, 5.41) is 22.5. The van der Waals surface area contributed by atoms with Crippen LogP contribution >= 0.6 is 11.3 Å². The lowest BCUT2D eigenvalue weighted by molar-refractivity contribution is -0.140. The molecule has 1 saturated carbocycles. The molecule has 1 spiro atoms. The molecule has 9 heteroatoms. The van der Waals surface area contributed by atoms with Crippen molar-refractivity contribution in [2.75, 3.05) is 13.1 Å². The van der Waals surface area contributed by atoms with E-state index in [1.165, 1.54) is 11.3 Å². The summed E-state index contributed by atoms with van der Waals surface area (Å²) in [6.07, 6.45) is 3.97. The summed E-state index contributed by atoms with van der Waals surface area (Å²) < 4.78 is 0. The maximum absolute atomic E-state index is 13.0. The van der Waals surface area contributed by atoms with Crippen LogP contribution in [0.5, 0.6) is 0 Å². The first kappa shape index (κ1) is 20.1. The number of thiazole rings is 1. The maximum atomic E-state index is 13.0. The Morgan fingerprint density at radius 1 is 1.23 bits per heavy atom. The van der Waals surface area contributed by atoms with Crippen molar-refractivity contribution in [2.24, 2.45) is 5.41 Å². The van der Waals surface area contributed by atoms with Crippen LogP contribution in [0.1, 0.15) is 24.1 Å². The van der Waals surface area contributed by atoms with Gasteiger partial charge in [0.2, 0.25) is 0 Å². The van der Waals surface area contributed by atoms with Gasteiger partial charge in [0.05, 0.1) is 6.54 Å². The molecule has 1 aliphatic carbocycles. The molecule has 2 heterocycles. The normalized spacial score (nSPS) is 17.7. The Labute approximate surface area is 176 Å². The molecule has 1 fully saturated rings. The average Bonchev–Trinajstić information content (AvgIpc) is 3.16. The molecule has 2 aliphatic rings. The molecule has 1 aromatic heterocycles. The van der Waals surface area contributed by atoms with Gasteiger partial charge in [-0.3, -0.25) is 14.4 Å². The van der Waals surface area contributed by atoms with E-state index in [0.717, 1.165) is 21.9 Å². The molecule has 4 rings (SSSR count). The van der Waals surface area contributed by atoms with Gasteiger partial charge in [0.15, 0.2) is 0 Å². The minimum atomic E-state index is -1.22. The maximum Gasteiger partial charge on any atom is 0.322 e. The Morgan fingerprint density at radius 3 is 2.60 bits per heavy atom. The van der Waals surface area contributed by atoms with E-state index in [9.17, 15) is 19.5 Å². The number of rotatable bonds is 6. The van der Waals surface area contributed by atoms with Crippen molar-refractivity contribution in [3.05, 3.63) is 52.7 Å². The summed E-state index contributed by atoms with van der Waals surface area (Å²) in [4.78, 5) is 43.1. The molecule has 0 radical (unpaired) electrons. The highest BCUT2D eigenvalue weighted by Gasteiger charge is 2.50. The number of nitrogens with one attached hydrogen (secondary N) is 1. The number of aliphatic carboxylic acids is 1. The SMILES string of the molecule is O=C(O)CNC(=O)C1=C(O)C2(CCC2)CN(Cc2cnc(-c3ccccc3)s2)C1=O. The zero-order valence-corrected chi connectivity index (χ0v) is 16.9. The monoisotopic (exact) mass is 427 g/mol. The number of aromatic nitrogens is 1. The minimum Gasteiger partial charge on any atom is -0.511 e. The summed E-state index contributed by atoms with van der Waals surface area (Å²) in [6.45, 7) is -0.0226. The van der Waals surface area contributed by atoms with Gasteiger partial charge in [-0.05, 0) is 12.8 Å². The van der Waals surface area contributed by atoms with Crippen LogP contribution in [0, 0.1) is 5.41 Å². The smallest absolute Gasteiger partial charge is 0.322 e. The first-order valence-corrected chi connectivity index (χ1v) is 10.4. The van der Waals surface area contributed by atoms with Crippen LogP contribution in [0.2, 0.25) is 0 Å². The van der Waals surface area contributed by atoms with Crippen molar-refractivity contribution in [3.8, 4) is 10.6 Å². The number of carbonyl (C=O) groups excluding carboxylic acids is 2. The van der Waals surface area contributed by atoms with Crippen LogP contribution in [0.15, 0.2) is 47.9 Å². The number of benzene rings is 1. The van der Waals surface area contributed by atoms with Crippen LogP contribution in [0.25, 0.3) is 10.6 Å². The van der Waals surface area contributed by atoms with E-state index in [4.69, 9.17) is 5.11 Å². The number of hydrogen-bond donors (Lipinski definition) is 3. The van der Waals surface area contributed by atoms with E-state index in [-0.39, 0.29) is 17.9 Å². The first-order chi connectivity index (χ1) is 14.4. The highest BCUT2D eigenvalue weighted by Crippen LogP contribution is 2.50. The van der Waals surface area contributed by atoms with Crippen molar-refractivity contribution < 1.29 is 24.6 Å². The predicted octanol–water partition coefficient (Wildman–Crippen LogP) is 2.34. The van der Waals surface area contributed by atoms with Crippen LogP contribution in [0.4, 0.5) is 0 Å². The molecule has 8 nitrogen and oxygen atoms in total. The van der Waals surface area contributed by atoms with Gasteiger partial charge in [-0.2, -0.15) is 0 Å². The molecule has 0 saturated heterocycles. The number of aliphatic hydroxyl groups excluding tert-OH is 1. The summed E-state index contributed by atoms with van der Waals surface area (Å²) in [5.41, 5.74) is 0.00647. The Balaban J connectivity index is 1.57. The first-order valence-electron chi connectivity index (χ1n) is 9.63. The van der Waals surface area contributed by atoms with Crippen molar-refractivity contribution in [3.63, 3.8) is 0 Å². The third-order valence-corrected chi connectivity index (χ3v) is 6.62. The van der Waals surface area contributed by atoms with Gasteiger partial charge in [-0.15, -0.1) is 11.3 Å². The fourth-order valence-corrected chi connectivity index (χ4v) is 4.83. The number of hydrogen-bond acceptors (Lipinski definition) is 6. The zero-order valence-electron chi connectivity index (χ0n) is 16.1. The van der Waals surface area contributed by atoms with Crippen LogP contribution in [0.3, 0.4) is 0 Å². The molecular weight excluding hydrogens is 406 g/mol. The number of amides is 2. The zero-order chi connectivity index (χ0) is 21.3. The van der Waals surface area contributed by atoms with E-state index in [1.54, 1.807) is 11.1 Å². The van der Waals surface area contributed by atoms with E-state index >= 15 is 0 Å². The second kappa shape index (κ2) is 7.91. The fourth-order valence-electron chi connectivity index (χ4n) is 3.89. The summed E-state index contributed by atoms with van der Waals surface area (Å²) in [7, 11) is 0. The van der Waals surface area contributed by atoms with Gasteiger partial charge in [0, 0.05) is 28.6 Å². The van der Waals surface area contributed by atoms with Gasteiger partial charge >= 0.3 is 5.97 Å². The molecule has 0 unspecified atom stereocenters. The van der Waals surface area contributed by atoms with Crippen molar-refractivity contribution in [2.45, 2.75) is 25.8 Å². The van der Waals surface area contributed by atoms with Gasteiger partial charge < -0.3 is 20.4 Å². The average molecular weight is 427 g/mol.